The molecule has 2 aromatic carbocycles. The van der Waals surface area contributed by atoms with Crippen LogP contribution in [0.3, 0.4) is 0 Å². The van der Waals surface area contributed by atoms with Crippen LogP contribution in [-0.2, 0) is 0 Å². The largest absolute Gasteiger partial charge is 0.497 e. The van der Waals surface area contributed by atoms with Gasteiger partial charge in [0.05, 0.1) is 12.8 Å². The Labute approximate surface area is 231 Å². The fourth-order valence-corrected chi connectivity index (χ4v) is 4.58. The first-order valence-corrected chi connectivity index (χ1v) is 12.8. The Kier molecular flexibility index (Phi) is 6.82. The molecule has 0 atom stereocenters. The molecule has 5 aromatic rings. The fourth-order valence-electron chi connectivity index (χ4n) is 4.58. The zero-order valence-corrected chi connectivity index (χ0v) is 22.2. The third-order valence-electron chi connectivity index (χ3n) is 6.74. The Bertz CT molecular complexity index is 1660. The molecule has 0 bridgehead atoms. The highest BCUT2D eigenvalue weighted by atomic mass is 16.5. The van der Waals surface area contributed by atoms with Gasteiger partial charge in [0.25, 0.3) is 5.78 Å². The number of anilines is 3. The maximum atomic E-state index is 10.3. The monoisotopic (exact) mass is 533 g/mol. The number of pyridine rings is 1. The van der Waals surface area contributed by atoms with E-state index in [-0.39, 0.29) is 0 Å². The van der Waals surface area contributed by atoms with Crippen LogP contribution in [-0.4, -0.2) is 69.8 Å². The molecule has 0 aliphatic carbocycles. The molecule has 3 aromatic heterocycles. The molecule has 0 saturated carbocycles. The molecule has 11 heteroatoms. The Morgan fingerprint density at radius 1 is 0.850 bits per heavy atom. The van der Waals surface area contributed by atoms with Crippen molar-refractivity contribution in [2.75, 3.05) is 50.6 Å². The predicted octanol–water partition coefficient (Wildman–Crippen LogP) is 4.35. The molecule has 1 N–H and O–H groups in total. The number of aromatic nitrogens is 5. The van der Waals surface area contributed by atoms with Crippen LogP contribution in [0.4, 0.5) is 17.5 Å². The molecule has 1 aliphatic rings. The van der Waals surface area contributed by atoms with Gasteiger partial charge in [0.2, 0.25) is 5.95 Å². The first-order chi connectivity index (χ1) is 19.6. The smallest absolute Gasteiger partial charge is 0.256 e. The maximum absolute atomic E-state index is 10.3. The van der Waals surface area contributed by atoms with Gasteiger partial charge in [-0.3, -0.25) is 4.98 Å². The van der Waals surface area contributed by atoms with Crippen LogP contribution in [0.15, 0.2) is 73.1 Å². The van der Waals surface area contributed by atoms with E-state index in [1.165, 1.54) is 0 Å². The minimum absolute atomic E-state index is 0.365. The van der Waals surface area contributed by atoms with Crippen LogP contribution in [0.1, 0.15) is 5.56 Å². The number of nitrogens with zero attached hydrogens (tertiary/aromatic N) is 8. The average Bonchev–Trinajstić information content (AvgIpc) is 3.40. The summed E-state index contributed by atoms with van der Waals surface area (Å²) in [6, 6.07) is 21.0. The molecule has 0 amide bonds. The highest BCUT2D eigenvalue weighted by Crippen LogP contribution is 2.32. The molecular formula is C29H27N9O2. The zero-order valence-electron chi connectivity index (χ0n) is 22.2. The second-order valence-corrected chi connectivity index (χ2v) is 9.37. The van der Waals surface area contributed by atoms with Gasteiger partial charge in [-0.25, -0.2) is 0 Å². The minimum Gasteiger partial charge on any atom is -0.497 e. The van der Waals surface area contributed by atoms with Crippen LogP contribution in [0.5, 0.6) is 17.2 Å². The highest BCUT2D eigenvalue weighted by molar-refractivity contribution is 5.76. The Balaban J connectivity index is 1.37. The van der Waals surface area contributed by atoms with E-state index >= 15 is 0 Å². The SMILES string of the molecule is COc1ccc(-c2c(C#N)c(N3CCN(C)CC3)nc3nc(Nc4ccc(Oc5ccncc5)cc4)nn23)cc1. The summed E-state index contributed by atoms with van der Waals surface area (Å²) >= 11 is 0. The quantitative estimate of drug-likeness (QED) is 0.323. The van der Waals surface area contributed by atoms with E-state index in [1.807, 2.05) is 48.5 Å². The number of benzene rings is 2. The molecule has 0 spiro atoms. The lowest BCUT2D eigenvalue weighted by molar-refractivity contribution is 0.312. The van der Waals surface area contributed by atoms with Crippen LogP contribution in [0.25, 0.3) is 17.0 Å². The average molecular weight is 534 g/mol. The highest BCUT2D eigenvalue weighted by Gasteiger charge is 2.25. The summed E-state index contributed by atoms with van der Waals surface area (Å²) in [5.41, 5.74) is 2.68. The van der Waals surface area contributed by atoms with E-state index in [9.17, 15) is 5.26 Å². The molecule has 200 valence electrons. The van der Waals surface area contributed by atoms with Gasteiger partial charge in [0, 0.05) is 49.8 Å². The first-order valence-electron chi connectivity index (χ1n) is 12.8. The van der Waals surface area contributed by atoms with E-state index in [4.69, 9.17) is 19.6 Å². The van der Waals surface area contributed by atoms with Crippen molar-refractivity contribution in [3.8, 4) is 34.6 Å². The summed E-state index contributed by atoms with van der Waals surface area (Å²) in [5.74, 6) is 3.51. The number of methoxy groups -OCH3 is 1. The zero-order chi connectivity index (χ0) is 27.5. The number of likely N-dealkylation sites (N-methyl/N-ethyl adjacent to an activating group) is 1. The number of rotatable bonds is 7. The van der Waals surface area contributed by atoms with Gasteiger partial charge < -0.3 is 24.6 Å². The van der Waals surface area contributed by atoms with E-state index < -0.39 is 0 Å². The maximum Gasteiger partial charge on any atom is 0.256 e. The van der Waals surface area contributed by atoms with Gasteiger partial charge in [-0.1, -0.05) is 0 Å². The van der Waals surface area contributed by atoms with Crippen LogP contribution >= 0.6 is 0 Å². The van der Waals surface area contributed by atoms with Crippen molar-refractivity contribution in [3.63, 3.8) is 0 Å². The molecule has 4 heterocycles. The van der Waals surface area contributed by atoms with E-state index in [0.717, 1.165) is 43.2 Å². The summed E-state index contributed by atoms with van der Waals surface area (Å²) in [7, 11) is 3.72. The lowest BCUT2D eigenvalue weighted by atomic mass is 10.1. The normalized spacial score (nSPS) is 13.7. The van der Waals surface area contributed by atoms with Crippen LogP contribution in [0.2, 0.25) is 0 Å². The number of hydrogen-bond acceptors (Lipinski definition) is 10. The lowest BCUT2D eigenvalue weighted by Gasteiger charge is -2.33. The van der Waals surface area contributed by atoms with Crippen LogP contribution < -0.4 is 19.7 Å². The summed E-state index contributed by atoms with van der Waals surface area (Å²) in [6.07, 6.45) is 3.36. The summed E-state index contributed by atoms with van der Waals surface area (Å²) < 4.78 is 12.8. The number of hydrogen-bond donors (Lipinski definition) is 1. The molecule has 1 aliphatic heterocycles. The predicted molar refractivity (Wildman–Crippen MR) is 151 cm³/mol. The third-order valence-corrected chi connectivity index (χ3v) is 6.74. The van der Waals surface area contributed by atoms with Gasteiger partial charge in [-0.05, 0) is 67.7 Å². The molecule has 40 heavy (non-hydrogen) atoms. The van der Waals surface area contributed by atoms with Crippen molar-refractivity contribution in [3.05, 3.63) is 78.6 Å². The molecule has 1 saturated heterocycles. The molecule has 0 unspecified atom stereocenters. The number of fused-ring (bicyclic) bond motifs is 1. The van der Waals surface area contributed by atoms with E-state index in [1.54, 1.807) is 36.2 Å². The summed E-state index contributed by atoms with van der Waals surface area (Å²) in [6.45, 7) is 3.30. The molecule has 11 nitrogen and oxygen atoms in total. The van der Waals surface area contributed by atoms with Crippen molar-refractivity contribution in [2.24, 2.45) is 0 Å². The lowest BCUT2D eigenvalue weighted by Crippen LogP contribution is -2.45. The molecule has 6 rings (SSSR count). The Morgan fingerprint density at radius 3 is 2.20 bits per heavy atom. The number of nitrogens with one attached hydrogen (secondary N) is 1. The number of nitriles is 1. The van der Waals surface area contributed by atoms with Crippen molar-refractivity contribution < 1.29 is 9.47 Å². The minimum atomic E-state index is 0.365. The van der Waals surface area contributed by atoms with Gasteiger partial charge in [0.1, 0.15) is 28.9 Å². The van der Waals surface area contributed by atoms with Gasteiger partial charge in [0.15, 0.2) is 5.82 Å². The Hall–Kier alpha value is -5.21. The second kappa shape index (κ2) is 10.9. The van der Waals surface area contributed by atoms with Gasteiger partial charge in [-0.15, -0.1) is 5.10 Å². The van der Waals surface area contributed by atoms with Crippen molar-refractivity contribution in [2.45, 2.75) is 0 Å². The van der Waals surface area contributed by atoms with Crippen molar-refractivity contribution in [1.29, 1.82) is 5.26 Å². The standard InChI is InChI=1S/C29H27N9O2/c1-36-15-17-37(18-16-36)27-25(19-30)26(20-3-7-22(39-2)8-4-20)38-29(33-27)34-28(35-38)32-21-5-9-23(10-6-21)40-24-11-13-31-14-12-24/h3-14H,15-18H2,1-2H3,(H,32,35). The Morgan fingerprint density at radius 2 is 1.52 bits per heavy atom. The van der Waals surface area contributed by atoms with E-state index in [0.29, 0.717) is 40.3 Å². The number of ether oxygens (including phenoxy) is 2. The number of piperazine rings is 1. The van der Waals surface area contributed by atoms with Crippen molar-refractivity contribution >= 4 is 23.2 Å². The molecule has 1 fully saturated rings. The summed E-state index contributed by atoms with van der Waals surface area (Å²) in [5, 5.41) is 18.3. The molecular weight excluding hydrogens is 506 g/mol. The third kappa shape index (κ3) is 5.08. The van der Waals surface area contributed by atoms with Gasteiger partial charge >= 0.3 is 0 Å². The summed E-state index contributed by atoms with van der Waals surface area (Å²) in [4.78, 5) is 17.9. The van der Waals surface area contributed by atoms with Gasteiger partial charge in [-0.2, -0.15) is 19.7 Å². The fraction of sp³-hybridized carbons (Fsp3) is 0.207. The molecule has 0 radical (unpaired) electrons. The van der Waals surface area contributed by atoms with Crippen molar-refractivity contribution in [1.82, 2.24) is 29.5 Å². The topological polar surface area (TPSA) is 117 Å². The second-order valence-electron chi connectivity index (χ2n) is 9.37. The van der Waals surface area contributed by atoms with E-state index in [2.05, 4.69) is 38.2 Å². The van der Waals surface area contributed by atoms with Crippen LogP contribution in [0, 0.1) is 11.3 Å². The first kappa shape index (κ1) is 25.1.